The molecule has 0 saturated carbocycles. The first kappa shape index (κ1) is 15.0. The molecule has 0 fully saturated rings. The van der Waals surface area contributed by atoms with E-state index in [0.717, 1.165) is 24.5 Å². The van der Waals surface area contributed by atoms with Gasteiger partial charge in [-0.25, -0.2) is 4.98 Å². The molecular weight excluding hydrogens is 297 g/mol. The van der Waals surface area contributed by atoms with Gasteiger partial charge in [0.25, 0.3) is 0 Å². The molecule has 0 spiro atoms. The quantitative estimate of drug-likeness (QED) is 0.810. The number of hydrogen-bond donors (Lipinski definition) is 2. The fraction of sp³-hybridized carbons (Fsp3) is 0.357. The van der Waals surface area contributed by atoms with Crippen molar-refractivity contribution in [2.45, 2.75) is 26.8 Å². The van der Waals surface area contributed by atoms with E-state index in [0.29, 0.717) is 28.2 Å². The summed E-state index contributed by atoms with van der Waals surface area (Å²) in [6.07, 6.45) is 0.995. The molecule has 0 aliphatic carbocycles. The SMILES string of the molecule is CCCNc1nc(NCc2ccc(C)o2)c(Cl)cc1Cl. The summed E-state index contributed by atoms with van der Waals surface area (Å²) in [4.78, 5) is 4.40. The smallest absolute Gasteiger partial charge is 0.147 e. The van der Waals surface area contributed by atoms with Crippen molar-refractivity contribution in [3.8, 4) is 0 Å². The van der Waals surface area contributed by atoms with Crippen molar-refractivity contribution in [1.82, 2.24) is 4.98 Å². The third-order valence-corrected chi connectivity index (χ3v) is 3.27. The van der Waals surface area contributed by atoms with Gasteiger partial charge in [0.15, 0.2) is 0 Å². The molecule has 2 rings (SSSR count). The van der Waals surface area contributed by atoms with Crippen molar-refractivity contribution in [2.75, 3.05) is 17.2 Å². The summed E-state index contributed by atoms with van der Waals surface area (Å²) >= 11 is 12.2. The van der Waals surface area contributed by atoms with Gasteiger partial charge in [-0.05, 0) is 31.5 Å². The molecule has 0 unspecified atom stereocenters. The van der Waals surface area contributed by atoms with Crippen LogP contribution in [0.3, 0.4) is 0 Å². The molecule has 108 valence electrons. The number of nitrogens with one attached hydrogen (secondary N) is 2. The highest BCUT2D eigenvalue weighted by atomic mass is 35.5. The molecule has 2 aromatic heterocycles. The normalized spacial score (nSPS) is 10.6. The zero-order chi connectivity index (χ0) is 14.5. The van der Waals surface area contributed by atoms with Gasteiger partial charge in [0.1, 0.15) is 23.2 Å². The van der Waals surface area contributed by atoms with Crippen LogP contribution in [0.5, 0.6) is 0 Å². The highest BCUT2D eigenvalue weighted by molar-refractivity contribution is 6.37. The number of anilines is 2. The van der Waals surface area contributed by atoms with Gasteiger partial charge < -0.3 is 15.1 Å². The lowest BCUT2D eigenvalue weighted by Crippen LogP contribution is -2.06. The monoisotopic (exact) mass is 313 g/mol. The summed E-state index contributed by atoms with van der Waals surface area (Å²) in [6.45, 7) is 5.32. The second-order valence-electron chi connectivity index (χ2n) is 4.44. The number of rotatable bonds is 6. The Morgan fingerprint density at radius 3 is 2.45 bits per heavy atom. The Labute approximate surface area is 128 Å². The predicted molar refractivity (Wildman–Crippen MR) is 83.8 cm³/mol. The molecule has 0 aliphatic rings. The number of pyridine rings is 1. The van der Waals surface area contributed by atoms with Gasteiger partial charge in [-0.15, -0.1) is 0 Å². The van der Waals surface area contributed by atoms with Crippen LogP contribution in [0.1, 0.15) is 24.9 Å². The van der Waals surface area contributed by atoms with Crippen LogP contribution in [0.25, 0.3) is 0 Å². The first-order valence-corrected chi connectivity index (χ1v) is 7.25. The van der Waals surface area contributed by atoms with E-state index in [1.807, 2.05) is 19.1 Å². The van der Waals surface area contributed by atoms with Crippen LogP contribution < -0.4 is 10.6 Å². The Kier molecular flexibility index (Phi) is 5.15. The van der Waals surface area contributed by atoms with Gasteiger partial charge in [0.2, 0.25) is 0 Å². The van der Waals surface area contributed by atoms with Crippen LogP contribution in [0.15, 0.2) is 22.6 Å². The molecule has 2 heterocycles. The van der Waals surface area contributed by atoms with Gasteiger partial charge in [-0.1, -0.05) is 30.1 Å². The van der Waals surface area contributed by atoms with Crippen molar-refractivity contribution < 1.29 is 4.42 Å². The minimum Gasteiger partial charge on any atom is -0.465 e. The van der Waals surface area contributed by atoms with Gasteiger partial charge in [-0.3, -0.25) is 0 Å². The van der Waals surface area contributed by atoms with E-state index in [4.69, 9.17) is 27.6 Å². The maximum Gasteiger partial charge on any atom is 0.147 e. The maximum atomic E-state index is 6.14. The summed E-state index contributed by atoms with van der Waals surface area (Å²) < 4.78 is 5.49. The third kappa shape index (κ3) is 3.81. The van der Waals surface area contributed by atoms with Crippen LogP contribution in [-0.4, -0.2) is 11.5 Å². The standard InChI is InChI=1S/C14H17Cl2N3O/c1-3-6-17-13-11(15)7-12(16)14(19-13)18-8-10-5-4-9(2)20-10/h4-5,7H,3,6,8H2,1-2H3,(H2,17,18,19). The van der Waals surface area contributed by atoms with E-state index in [1.165, 1.54) is 0 Å². The molecule has 2 aromatic rings. The van der Waals surface area contributed by atoms with Crippen molar-refractivity contribution in [1.29, 1.82) is 0 Å². The Bertz CT molecular complexity index is 584. The largest absolute Gasteiger partial charge is 0.465 e. The lowest BCUT2D eigenvalue weighted by atomic mass is 10.4. The average molecular weight is 314 g/mol. The Morgan fingerprint density at radius 1 is 1.15 bits per heavy atom. The molecule has 0 radical (unpaired) electrons. The fourth-order valence-corrected chi connectivity index (χ4v) is 2.20. The number of aryl methyl sites for hydroxylation is 1. The second kappa shape index (κ2) is 6.86. The molecule has 0 aromatic carbocycles. The minimum atomic E-state index is 0.486. The highest BCUT2D eigenvalue weighted by Crippen LogP contribution is 2.29. The molecule has 0 bridgehead atoms. The van der Waals surface area contributed by atoms with E-state index in [9.17, 15) is 0 Å². The van der Waals surface area contributed by atoms with Crippen LogP contribution in [0.4, 0.5) is 11.6 Å². The van der Waals surface area contributed by atoms with E-state index >= 15 is 0 Å². The topological polar surface area (TPSA) is 50.1 Å². The number of nitrogens with zero attached hydrogens (tertiary/aromatic N) is 1. The van der Waals surface area contributed by atoms with E-state index in [2.05, 4.69) is 22.5 Å². The van der Waals surface area contributed by atoms with Crippen molar-refractivity contribution in [3.05, 3.63) is 39.8 Å². The molecule has 2 N–H and O–H groups in total. The van der Waals surface area contributed by atoms with Crippen LogP contribution >= 0.6 is 23.2 Å². The minimum absolute atomic E-state index is 0.486. The van der Waals surface area contributed by atoms with Crippen LogP contribution in [-0.2, 0) is 6.54 Å². The Balaban J connectivity index is 2.09. The summed E-state index contributed by atoms with van der Waals surface area (Å²) in [6, 6.07) is 5.52. The second-order valence-corrected chi connectivity index (χ2v) is 5.26. The van der Waals surface area contributed by atoms with Crippen LogP contribution in [0, 0.1) is 6.92 Å². The number of halogens is 2. The first-order chi connectivity index (χ1) is 9.60. The highest BCUT2D eigenvalue weighted by Gasteiger charge is 2.09. The summed E-state index contributed by atoms with van der Waals surface area (Å²) in [5.74, 6) is 2.93. The average Bonchev–Trinajstić information content (AvgIpc) is 2.82. The summed E-state index contributed by atoms with van der Waals surface area (Å²) in [5.41, 5.74) is 0. The van der Waals surface area contributed by atoms with E-state index in [-0.39, 0.29) is 0 Å². The van der Waals surface area contributed by atoms with Crippen molar-refractivity contribution >= 4 is 34.8 Å². The van der Waals surface area contributed by atoms with Gasteiger partial charge in [-0.2, -0.15) is 0 Å². The van der Waals surface area contributed by atoms with Crippen molar-refractivity contribution in [2.24, 2.45) is 0 Å². The zero-order valence-corrected chi connectivity index (χ0v) is 13.0. The Morgan fingerprint density at radius 2 is 1.85 bits per heavy atom. The predicted octanol–water partition coefficient (Wildman–Crippen LogP) is 4.72. The first-order valence-electron chi connectivity index (χ1n) is 6.49. The molecule has 20 heavy (non-hydrogen) atoms. The Hall–Kier alpha value is -1.39. The number of furan rings is 1. The van der Waals surface area contributed by atoms with Gasteiger partial charge in [0.05, 0.1) is 16.6 Å². The van der Waals surface area contributed by atoms with E-state index < -0.39 is 0 Å². The number of aromatic nitrogens is 1. The fourth-order valence-electron chi connectivity index (χ4n) is 1.71. The molecule has 0 atom stereocenters. The molecule has 0 amide bonds. The summed E-state index contributed by atoms with van der Waals surface area (Å²) in [7, 11) is 0. The van der Waals surface area contributed by atoms with Crippen LogP contribution in [0.2, 0.25) is 10.0 Å². The zero-order valence-electron chi connectivity index (χ0n) is 11.5. The molecule has 0 aliphatic heterocycles. The lowest BCUT2D eigenvalue weighted by Gasteiger charge is -2.11. The summed E-state index contributed by atoms with van der Waals surface area (Å²) in [5, 5.41) is 7.32. The van der Waals surface area contributed by atoms with E-state index in [1.54, 1.807) is 6.07 Å². The van der Waals surface area contributed by atoms with Crippen molar-refractivity contribution in [3.63, 3.8) is 0 Å². The molecule has 0 saturated heterocycles. The maximum absolute atomic E-state index is 6.14. The third-order valence-electron chi connectivity index (χ3n) is 2.70. The molecular formula is C14H17Cl2N3O. The van der Waals surface area contributed by atoms with Gasteiger partial charge in [0, 0.05) is 6.54 Å². The molecule has 6 heteroatoms. The lowest BCUT2D eigenvalue weighted by molar-refractivity contribution is 0.490. The number of hydrogen-bond acceptors (Lipinski definition) is 4. The molecule has 4 nitrogen and oxygen atoms in total. The van der Waals surface area contributed by atoms with Gasteiger partial charge >= 0.3 is 0 Å².